The second-order valence-electron chi connectivity index (χ2n) is 4.04. The monoisotopic (exact) mass is 186 g/mol. The van der Waals surface area contributed by atoms with Crippen molar-refractivity contribution in [3.05, 3.63) is 0 Å². The first-order chi connectivity index (χ1) is 6.29. The fourth-order valence-electron chi connectivity index (χ4n) is 1.88. The number of aliphatic hydroxyl groups is 1. The summed E-state index contributed by atoms with van der Waals surface area (Å²) in [5, 5.41) is 9.31. The van der Waals surface area contributed by atoms with E-state index in [4.69, 9.17) is 9.47 Å². The molecule has 1 saturated carbocycles. The molecule has 3 nitrogen and oxygen atoms in total. The zero-order chi connectivity index (χ0) is 9.26. The van der Waals surface area contributed by atoms with E-state index in [0.717, 1.165) is 25.7 Å². The van der Waals surface area contributed by atoms with Gasteiger partial charge in [0.05, 0.1) is 31.0 Å². The van der Waals surface area contributed by atoms with E-state index in [1.807, 2.05) is 6.92 Å². The normalized spacial score (nSPS) is 39.7. The van der Waals surface area contributed by atoms with Crippen molar-refractivity contribution in [2.75, 3.05) is 6.61 Å². The molecular weight excluding hydrogens is 168 g/mol. The number of hydrogen-bond acceptors (Lipinski definition) is 3. The largest absolute Gasteiger partial charge is 0.391 e. The Kier molecular flexibility index (Phi) is 2.86. The van der Waals surface area contributed by atoms with Crippen LogP contribution in [0, 0.1) is 0 Å². The Balaban J connectivity index is 1.64. The minimum absolute atomic E-state index is 0.294. The first-order valence-corrected chi connectivity index (χ1v) is 5.24. The van der Waals surface area contributed by atoms with Gasteiger partial charge in [-0.1, -0.05) is 6.92 Å². The summed E-state index contributed by atoms with van der Waals surface area (Å²) >= 11 is 0. The molecule has 2 aliphatic rings. The highest BCUT2D eigenvalue weighted by Crippen LogP contribution is 2.37. The molecule has 2 rings (SSSR count). The third-order valence-corrected chi connectivity index (χ3v) is 2.95. The first kappa shape index (κ1) is 9.44. The van der Waals surface area contributed by atoms with Gasteiger partial charge in [0.1, 0.15) is 0 Å². The second-order valence-corrected chi connectivity index (χ2v) is 4.04. The van der Waals surface area contributed by atoms with E-state index in [1.54, 1.807) is 0 Å². The van der Waals surface area contributed by atoms with Crippen LogP contribution in [0.3, 0.4) is 0 Å². The quantitative estimate of drug-likeness (QED) is 0.668. The molecule has 4 atom stereocenters. The van der Waals surface area contributed by atoms with Gasteiger partial charge in [-0.3, -0.25) is 0 Å². The number of ether oxygens (including phenoxy) is 2. The van der Waals surface area contributed by atoms with Crippen molar-refractivity contribution in [3.8, 4) is 0 Å². The molecule has 0 bridgehead atoms. The summed E-state index contributed by atoms with van der Waals surface area (Å²) in [6, 6.07) is 0. The van der Waals surface area contributed by atoms with Crippen LogP contribution in [-0.4, -0.2) is 36.1 Å². The summed E-state index contributed by atoms with van der Waals surface area (Å²) in [5.74, 6) is 0. The standard InChI is InChI=1S/C10H18O3/c1-2-7(11)6-12-8-3-4-9-10(5-8)13-9/h7-11H,2-6H2,1H3. The maximum atomic E-state index is 9.31. The van der Waals surface area contributed by atoms with Gasteiger partial charge < -0.3 is 14.6 Å². The third kappa shape index (κ3) is 2.42. The smallest absolute Gasteiger partial charge is 0.0866 e. The average molecular weight is 186 g/mol. The van der Waals surface area contributed by atoms with Crippen LogP contribution in [0.1, 0.15) is 32.6 Å². The Hall–Kier alpha value is -0.120. The van der Waals surface area contributed by atoms with Crippen LogP contribution >= 0.6 is 0 Å². The van der Waals surface area contributed by atoms with Crippen LogP contribution < -0.4 is 0 Å². The summed E-state index contributed by atoms with van der Waals surface area (Å²) in [7, 11) is 0. The van der Waals surface area contributed by atoms with Gasteiger partial charge in [-0.25, -0.2) is 0 Å². The van der Waals surface area contributed by atoms with Crippen molar-refractivity contribution in [2.45, 2.75) is 57.0 Å². The molecule has 13 heavy (non-hydrogen) atoms. The lowest BCUT2D eigenvalue weighted by atomic mass is 9.98. The average Bonchev–Trinajstić information content (AvgIpc) is 2.91. The Morgan fingerprint density at radius 2 is 2.31 bits per heavy atom. The molecule has 1 aliphatic carbocycles. The van der Waals surface area contributed by atoms with E-state index in [0.29, 0.717) is 24.9 Å². The molecule has 1 N–H and O–H groups in total. The van der Waals surface area contributed by atoms with Gasteiger partial charge in [0.2, 0.25) is 0 Å². The highest BCUT2D eigenvalue weighted by Gasteiger charge is 2.44. The molecule has 4 unspecified atom stereocenters. The Morgan fingerprint density at radius 1 is 1.46 bits per heavy atom. The summed E-state index contributed by atoms with van der Waals surface area (Å²) in [6.45, 7) is 2.45. The fraction of sp³-hybridized carbons (Fsp3) is 1.00. The van der Waals surface area contributed by atoms with E-state index >= 15 is 0 Å². The molecule has 0 aromatic rings. The van der Waals surface area contributed by atoms with E-state index in [1.165, 1.54) is 0 Å². The minimum Gasteiger partial charge on any atom is -0.391 e. The highest BCUT2D eigenvalue weighted by molar-refractivity contribution is 4.92. The highest BCUT2D eigenvalue weighted by atomic mass is 16.6. The van der Waals surface area contributed by atoms with Crippen molar-refractivity contribution < 1.29 is 14.6 Å². The lowest BCUT2D eigenvalue weighted by molar-refractivity contribution is -0.0217. The van der Waals surface area contributed by atoms with Gasteiger partial charge in [0.15, 0.2) is 0 Å². The number of aliphatic hydroxyl groups excluding tert-OH is 1. The minimum atomic E-state index is -0.294. The van der Waals surface area contributed by atoms with Crippen molar-refractivity contribution in [2.24, 2.45) is 0 Å². The van der Waals surface area contributed by atoms with E-state index in [-0.39, 0.29) is 6.10 Å². The molecular formula is C10H18O3. The fourth-order valence-corrected chi connectivity index (χ4v) is 1.88. The van der Waals surface area contributed by atoms with Crippen molar-refractivity contribution >= 4 is 0 Å². The van der Waals surface area contributed by atoms with Gasteiger partial charge in [-0.2, -0.15) is 0 Å². The Bertz CT molecular complexity index is 172. The van der Waals surface area contributed by atoms with Crippen LogP contribution in [0.2, 0.25) is 0 Å². The van der Waals surface area contributed by atoms with Crippen LogP contribution in [0.25, 0.3) is 0 Å². The topological polar surface area (TPSA) is 42.0 Å². The number of rotatable bonds is 4. The van der Waals surface area contributed by atoms with Gasteiger partial charge in [0, 0.05) is 6.42 Å². The maximum Gasteiger partial charge on any atom is 0.0866 e. The van der Waals surface area contributed by atoms with Gasteiger partial charge in [-0.15, -0.1) is 0 Å². The SMILES string of the molecule is CCC(O)COC1CCC2OC2C1. The molecule has 0 spiro atoms. The second kappa shape index (κ2) is 3.95. The van der Waals surface area contributed by atoms with Gasteiger partial charge >= 0.3 is 0 Å². The molecule has 76 valence electrons. The summed E-state index contributed by atoms with van der Waals surface area (Å²) in [6.07, 6.45) is 5.07. The molecule has 1 saturated heterocycles. The van der Waals surface area contributed by atoms with E-state index in [2.05, 4.69) is 0 Å². The first-order valence-electron chi connectivity index (χ1n) is 5.24. The maximum absolute atomic E-state index is 9.31. The summed E-state index contributed by atoms with van der Waals surface area (Å²) < 4.78 is 11.0. The zero-order valence-electron chi connectivity index (χ0n) is 8.11. The van der Waals surface area contributed by atoms with Crippen molar-refractivity contribution in [1.82, 2.24) is 0 Å². The Morgan fingerprint density at radius 3 is 3.00 bits per heavy atom. The number of fused-ring (bicyclic) bond motifs is 1. The van der Waals surface area contributed by atoms with Crippen molar-refractivity contribution in [1.29, 1.82) is 0 Å². The molecule has 1 aliphatic heterocycles. The van der Waals surface area contributed by atoms with Crippen molar-refractivity contribution in [3.63, 3.8) is 0 Å². The predicted molar refractivity (Wildman–Crippen MR) is 48.5 cm³/mol. The lowest BCUT2D eigenvalue weighted by Crippen LogP contribution is -2.25. The molecule has 3 heteroatoms. The van der Waals surface area contributed by atoms with Crippen LogP contribution in [0.15, 0.2) is 0 Å². The summed E-state index contributed by atoms with van der Waals surface area (Å²) in [5.41, 5.74) is 0. The lowest BCUT2D eigenvalue weighted by Gasteiger charge is -2.20. The van der Waals surface area contributed by atoms with Gasteiger partial charge in [-0.05, 0) is 19.3 Å². The number of hydrogen-bond donors (Lipinski definition) is 1. The molecule has 0 aromatic heterocycles. The summed E-state index contributed by atoms with van der Waals surface area (Å²) in [4.78, 5) is 0. The van der Waals surface area contributed by atoms with Crippen LogP contribution in [-0.2, 0) is 9.47 Å². The van der Waals surface area contributed by atoms with E-state index in [9.17, 15) is 5.11 Å². The molecule has 1 heterocycles. The van der Waals surface area contributed by atoms with Crippen LogP contribution in [0.4, 0.5) is 0 Å². The zero-order valence-corrected chi connectivity index (χ0v) is 8.11. The van der Waals surface area contributed by atoms with Gasteiger partial charge in [0.25, 0.3) is 0 Å². The molecule has 0 amide bonds. The van der Waals surface area contributed by atoms with E-state index < -0.39 is 0 Å². The molecule has 2 fully saturated rings. The molecule has 0 aromatic carbocycles. The Labute approximate surface area is 79.0 Å². The third-order valence-electron chi connectivity index (χ3n) is 2.95. The molecule has 0 radical (unpaired) electrons. The number of epoxide rings is 1. The van der Waals surface area contributed by atoms with Crippen LogP contribution in [0.5, 0.6) is 0 Å². The predicted octanol–water partition coefficient (Wildman–Crippen LogP) is 1.09.